The van der Waals surface area contributed by atoms with Crippen LogP contribution in [-0.2, 0) is 9.53 Å². The molecule has 0 saturated carbocycles. The number of rotatable bonds is 3. The van der Waals surface area contributed by atoms with Crippen LogP contribution in [0.4, 0.5) is 4.79 Å². The van der Waals surface area contributed by atoms with E-state index in [9.17, 15) is 9.59 Å². The SMILES string of the molecule is O=C(O)CN1CCCN(C(=O)NC2CCCOC2)CC1. The second-order valence-corrected chi connectivity index (χ2v) is 5.37. The van der Waals surface area contributed by atoms with Gasteiger partial charge >= 0.3 is 12.0 Å². The highest BCUT2D eigenvalue weighted by molar-refractivity contribution is 5.74. The minimum absolute atomic E-state index is 0.0475. The lowest BCUT2D eigenvalue weighted by Gasteiger charge is -2.27. The monoisotopic (exact) mass is 285 g/mol. The van der Waals surface area contributed by atoms with Gasteiger partial charge in [0.2, 0.25) is 0 Å². The Hall–Kier alpha value is -1.34. The molecule has 0 radical (unpaired) electrons. The Morgan fingerprint density at radius 1 is 1.20 bits per heavy atom. The topological polar surface area (TPSA) is 82.1 Å². The molecule has 0 aliphatic carbocycles. The van der Waals surface area contributed by atoms with Crippen LogP contribution in [-0.4, -0.2) is 78.9 Å². The van der Waals surface area contributed by atoms with Crippen molar-refractivity contribution >= 4 is 12.0 Å². The van der Waals surface area contributed by atoms with Gasteiger partial charge in [0.05, 0.1) is 19.2 Å². The molecule has 114 valence electrons. The molecule has 0 bridgehead atoms. The van der Waals surface area contributed by atoms with Crippen LogP contribution in [0.25, 0.3) is 0 Å². The summed E-state index contributed by atoms with van der Waals surface area (Å²) >= 11 is 0. The summed E-state index contributed by atoms with van der Waals surface area (Å²) in [6, 6.07) is 0.0484. The zero-order valence-corrected chi connectivity index (χ0v) is 11.7. The van der Waals surface area contributed by atoms with E-state index >= 15 is 0 Å². The molecule has 2 heterocycles. The molecule has 2 rings (SSSR count). The molecule has 2 saturated heterocycles. The van der Waals surface area contributed by atoms with E-state index in [0.29, 0.717) is 26.2 Å². The molecule has 2 aliphatic heterocycles. The molecule has 2 fully saturated rings. The summed E-state index contributed by atoms with van der Waals surface area (Å²) in [7, 11) is 0. The van der Waals surface area contributed by atoms with E-state index in [4.69, 9.17) is 9.84 Å². The predicted octanol–water partition coefficient (Wildman–Crippen LogP) is -0.0327. The fraction of sp³-hybridized carbons (Fsp3) is 0.846. The number of carbonyl (C=O) groups is 2. The van der Waals surface area contributed by atoms with Crippen LogP contribution in [0.5, 0.6) is 0 Å². The highest BCUT2D eigenvalue weighted by Gasteiger charge is 2.23. The van der Waals surface area contributed by atoms with Gasteiger partial charge in [-0.15, -0.1) is 0 Å². The van der Waals surface area contributed by atoms with Gasteiger partial charge in [-0.05, 0) is 19.3 Å². The third kappa shape index (κ3) is 4.64. The average molecular weight is 285 g/mol. The summed E-state index contributed by atoms with van der Waals surface area (Å²) in [4.78, 5) is 26.5. The number of aliphatic carboxylic acids is 1. The molecular formula is C13H23N3O4. The Kier molecular flexibility index (Phi) is 5.60. The van der Waals surface area contributed by atoms with Crippen molar-refractivity contribution in [2.45, 2.75) is 25.3 Å². The predicted molar refractivity (Wildman–Crippen MR) is 72.6 cm³/mol. The smallest absolute Gasteiger partial charge is 0.317 e. The van der Waals surface area contributed by atoms with Crippen molar-refractivity contribution in [2.24, 2.45) is 0 Å². The third-order valence-corrected chi connectivity index (χ3v) is 3.72. The van der Waals surface area contributed by atoms with Crippen molar-refractivity contribution in [3.63, 3.8) is 0 Å². The van der Waals surface area contributed by atoms with Gasteiger partial charge in [0.1, 0.15) is 0 Å². The highest BCUT2D eigenvalue weighted by atomic mass is 16.5. The lowest BCUT2D eigenvalue weighted by Crippen LogP contribution is -2.48. The number of nitrogens with zero attached hydrogens (tertiary/aromatic N) is 2. The summed E-state index contributed by atoms with van der Waals surface area (Å²) in [5.74, 6) is -0.817. The molecule has 1 unspecified atom stereocenters. The minimum atomic E-state index is -0.817. The number of nitrogens with one attached hydrogen (secondary N) is 1. The molecule has 7 nitrogen and oxygen atoms in total. The van der Waals surface area contributed by atoms with Gasteiger partial charge in [-0.1, -0.05) is 0 Å². The molecule has 7 heteroatoms. The maximum absolute atomic E-state index is 12.2. The number of ether oxygens (including phenoxy) is 1. The van der Waals surface area contributed by atoms with Crippen LogP contribution in [0.2, 0.25) is 0 Å². The van der Waals surface area contributed by atoms with E-state index in [1.54, 1.807) is 4.90 Å². The minimum Gasteiger partial charge on any atom is -0.480 e. The van der Waals surface area contributed by atoms with E-state index in [-0.39, 0.29) is 18.6 Å². The lowest BCUT2D eigenvalue weighted by molar-refractivity contribution is -0.138. The van der Waals surface area contributed by atoms with Gasteiger partial charge in [-0.25, -0.2) is 4.79 Å². The van der Waals surface area contributed by atoms with Crippen molar-refractivity contribution in [1.29, 1.82) is 0 Å². The van der Waals surface area contributed by atoms with E-state index in [2.05, 4.69) is 5.32 Å². The first kappa shape index (κ1) is 15.1. The van der Waals surface area contributed by atoms with Gasteiger partial charge in [-0.3, -0.25) is 9.69 Å². The molecule has 0 spiro atoms. The highest BCUT2D eigenvalue weighted by Crippen LogP contribution is 2.08. The van der Waals surface area contributed by atoms with Crippen molar-refractivity contribution in [3.8, 4) is 0 Å². The molecule has 0 aromatic carbocycles. The number of carboxylic acid groups (broad SMARTS) is 1. The molecule has 0 aromatic rings. The quantitative estimate of drug-likeness (QED) is 0.761. The van der Waals surface area contributed by atoms with E-state index in [0.717, 1.165) is 32.4 Å². The second-order valence-electron chi connectivity index (χ2n) is 5.37. The first-order valence-corrected chi connectivity index (χ1v) is 7.22. The van der Waals surface area contributed by atoms with Gasteiger partial charge < -0.3 is 20.1 Å². The first-order valence-electron chi connectivity index (χ1n) is 7.22. The Morgan fingerprint density at radius 2 is 2.05 bits per heavy atom. The first-order chi connectivity index (χ1) is 9.65. The fourth-order valence-electron chi connectivity index (χ4n) is 2.64. The molecule has 0 aromatic heterocycles. The van der Waals surface area contributed by atoms with E-state index in [1.165, 1.54) is 0 Å². The number of hydrogen-bond donors (Lipinski definition) is 2. The molecular weight excluding hydrogens is 262 g/mol. The van der Waals surface area contributed by atoms with Gasteiger partial charge in [0.25, 0.3) is 0 Å². The molecule has 2 aliphatic rings. The van der Waals surface area contributed by atoms with Crippen molar-refractivity contribution < 1.29 is 19.4 Å². The number of amides is 2. The maximum Gasteiger partial charge on any atom is 0.317 e. The Labute approximate surface area is 118 Å². The zero-order chi connectivity index (χ0) is 14.4. The Bertz CT molecular complexity index is 345. The van der Waals surface area contributed by atoms with Crippen LogP contribution in [0.3, 0.4) is 0 Å². The number of carbonyl (C=O) groups excluding carboxylic acids is 1. The van der Waals surface area contributed by atoms with Crippen LogP contribution in [0.15, 0.2) is 0 Å². The molecule has 1 atom stereocenters. The second kappa shape index (κ2) is 7.44. The summed E-state index contributed by atoms with van der Waals surface area (Å²) < 4.78 is 5.35. The third-order valence-electron chi connectivity index (χ3n) is 3.72. The van der Waals surface area contributed by atoms with Crippen LogP contribution >= 0.6 is 0 Å². The van der Waals surface area contributed by atoms with Crippen LogP contribution in [0, 0.1) is 0 Å². The fourth-order valence-corrected chi connectivity index (χ4v) is 2.64. The molecule has 2 N–H and O–H groups in total. The average Bonchev–Trinajstić information content (AvgIpc) is 2.65. The molecule has 2 amide bonds. The van der Waals surface area contributed by atoms with Crippen LogP contribution in [0.1, 0.15) is 19.3 Å². The largest absolute Gasteiger partial charge is 0.480 e. The van der Waals surface area contributed by atoms with Gasteiger partial charge in [-0.2, -0.15) is 0 Å². The zero-order valence-electron chi connectivity index (χ0n) is 11.7. The number of carboxylic acids is 1. The summed E-state index contributed by atoms with van der Waals surface area (Å²) in [5, 5.41) is 11.8. The Balaban J connectivity index is 1.77. The summed E-state index contributed by atoms with van der Waals surface area (Å²) in [6.07, 6.45) is 2.75. The van der Waals surface area contributed by atoms with Gasteiger partial charge in [0, 0.05) is 32.8 Å². The number of hydrogen-bond acceptors (Lipinski definition) is 4. The van der Waals surface area contributed by atoms with Crippen LogP contribution < -0.4 is 5.32 Å². The van der Waals surface area contributed by atoms with E-state index in [1.807, 2.05) is 4.90 Å². The maximum atomic E-state index is 12.2. The normalized spacial score (nSPS) is 25.0. The summed E-state index contributed by atoms with van der Waals surface area (Å²) in [5.41, 5.74) is 0. The van der Waals surface area contributed by atoms with Crippen molar-refractivity contribution in [2.75, 3.05) is 45.9 Å². The van der Waals surface area contributed by atoms with Crippen molar-refractivity contribution in [3.05, 3.63) is 0 Å². The standard InChI is InChI=1S/C13H23N3O4/c17-12(18)9-15-4-2-5-16(7-6-15)13(19)14-11-3-1-8-20-10-11/h11H,1-10H2,(H,14,19)(H,17,18). The van der Waals surface area contributed by atoms with Crippen molar-refractivity contribution in [1.82, 2.24) is 15.1 Å². The van der Waals surface area contributed by atoms with E-state index < -0.39 is 5.97 Å². The molecule has 20 heavy (non-hydrogen) atoms. The Morgan fingerprint density at radius 3 is 2.75 bits per heavy atom. The lowest BCUT2D eigenvalue weighted by atomic mass is 10.1. The summed E-state index contributed by atoms with van der Waals surface area (Å²) in [6.45, 7) is 4.00. The van der Waals surface area contributed by atoms with Gasteiger partial charge in [0.15, 0.2) is 0 Å². The number of urea groups is 1.